The number of ether oxygens (including phenoxy) is 2. The van der Waals surface area contributed by atoms with Crippen LogP contribution in [0.5, 0.6) is 0 Å². The highest BCUT2D eigenvalue weighted by Crippen LogP contribution is 2.10. The van der Waals surface area contributed by atoms with Crippen molar-refractivity contribution in [1.29, 1.82) is 0 Å². The van der Waals surface area contributed by atoms with E-state index in [9.17, 15) is 29.4 Å². The highest BCUT2D eigenvalue weighted by molar-refractivity contribution is 5.78. The highest BCUT2D eigenvalue weighted by Gasteiger charge is 2.35. The first-order valence-corrected chi connectivity index (χ1v) is 7.49. The second-order valence-electron chi connectivity index (χ2n) is 5.35. The van der Waals surface area contributed by atoms with Gasteiger partial charge in [-0.25, -0.2) is 0 Å². The second-order valence-corrected chi connectivity index (χ2v) is 5.35. The Bertz CT molecular complexity index is 458. The van der Waals surface area contributed by atoms with Gasteiger partial charge in [-0.05, 0) is 0 Å². The Labute approximate surface area is 149 Å². The summed E-state index contributed by atoms with van der Waals surface area (Å²) in [6, 6.07) is -2.68. The Balaban J connectivity index is 5.47. The molecule has 0 amide bonds. The molecule has 0 aliphatic carbocycles. The zero-order valence-corrected chi connectivity index (χ0v) is 14.5. The van der Waals surface area contributed by atoms with Crippen LogP contribution in [0.1, 0.15) is 0 Å². The molecule has 0 aromatic heterocycles. The molecule has 0 radical (unpaired) electrons. The molecule has 4 N–H and O–H groups in total. The van der Waals surface area contributed by atoms with Gasteiger partial charge in [0.2, 0.25) is 0 Å². The number of carbonyl (C=O) groups is 4. The molecule has 26 heavy (non-hydrogen) atoms. The van der Waals surface area contributed by atoms with Crippen LogP contribution in [0.15, 0.2) is 0 Å². The molecule has 0 saturated carbocycles. The number of carboxylic acid groups (broad SMARTS) is 4. The third kappa shape index (κ3) is 8.71. The van der Waals surface area contributed by atoms with Gasteiger partial charge in [0.25, 0.3) is 0 Å². The zero-order valence-electron chi connectivity index (χ0n) is 14.5. The standard InChI is InChI=1S/C14H24N2O10/c1-25-7-9(13(21)22)16(10(8-26-2)14(23)24)4-3-15(5-11(17)18)6-12(19)20/h9-10H,3-8H2,1-2H3,(H,17,18)(H,19,20)(H,21,22)(H,23,24). The van der Waals surface area contributed by atoms with Gasteiger partial charge in [0.05, 0.1) is 26.3 Å². The van der Waals surface area contributed by atoms with Crippen molar-refractivity contribution in [3.63, 3.8) is 0 Å². The van der Waals surface area contributed by atoms with Crippen LogP contribution in [0.25, 0.3) is 0 Å². The van der Waals surface area contributed by atoms with Crippen molar-refractivity contribution in [1.82, 2.24) is 9.80 Å². The Morgan fingerprint density at radius 1 is 0.769 bits per heavy atom. The predicted molar refractivity (Wildman–Crippen MR) is 85.0 cm³/mol. The summed E-state index contributed by atoms with van der Waals surface area (Å²) >= 11 is 0. The summed E-state index contributed by atoms with van der Waals surface area (Å²) in [5.41, 5.74) is 0. The molecule has 2 unspecified atom stereocenters. The van der Waals surface area contributed by atoms with Crippen LogP contribution in [0.2, 0.25) is 0 Å². The molecule has 0 aliphatic rings. The molecule has 0 bridgehead atoms. The normalized spacial score (nSPS) is 13.5. The van der Waals surface area contributed by atoms with Gasteiger partial charge in [-0.1, -0.05) is 0 Å². The van der Waals surface area contributed by atoms with E-state index in [0.29, 0.717) is 0 Å². The fourth-order valence-electron chi connectivity index (χ4n) is 2.32. The van der Waals surface area contributed by atoms with Crippen LogP contribution in [0.4, 0.5) is 0 Å². The summed E-state index contributed by atoms with van der Waals surface area (Å²) < 4.78 is 9.66. The van der Waals surface area contributed by atoms with Gasteiger partial charge in [-0.2, -0.15) is 0 Å². The van der Waals surface area contributed by atoms with Crippen LogP contribution in [0.3, 0.4) is 0 Å². The van der Waals surface area contributed by atoms with E-state index < -0.39 is 49.1 Å². The molecule has 0 saturated heterocycles. The molecular weight excluding hydrogens is 356 g/mol. The minimum atomic E-state index is -1.34. The average molecular weight is 380 g/mol. The van der Waals surface area contributed by atoms with E-state index in [1.165, 1.54) is 14.2 Å². The average Bonchev–Trinajstić information content (AvgIpc) is 2.50. The molecule has 2 atom stereocenters. The maximum atomic E-state index is 11.5. The number of rotatable bonds is 15. The monoisotopic (exact) mass is 380 g/mol. The molecule has 12 nitrogen and oxygen atoms in total. The maximum absolute atomic E-state index is 11.5. The topological polar surface area (TPSA) is 174 Å². The van der Waals surface area contributed by atoms with Crippen LogP contribution in [-0.2, 0) is 28.7 Å². The third-order valence-electron chi connectivity index (χ3n) is 3.41. The number of aliphatic carboxylic acids is 4. The molecule has 0 aliphatic heterocycles. The lowest BCUT2D eigenvalue weighted by atomic mass is 10.1. The van der Waals surface area contributed by atoms with E-state index in [0.717, 1.165) is 9.80 Å². The summed E-state index contributed by atoms with van der Waals surface area (Å²) in [5.74, 6) is -5.21. The number of nitrogens with zero attached hydrogens (tertiary/aromatic N) is 2. The van der Waals surface area contributed by atoms with Gasteiger partial charge in [0, 0.05) is 27.3 Å². The Morgan fingerprint density at radius 3 is 1.42 bits per heavy atom. The molecule has 0 fully saturated rings. The van der Waals surface area contributed by atoms with Crippen LogP contribution < -0.4 is 0 Å². The SMILES string of the molecule is COCC(C(=O)O)N(CCN(CC(=O)O)CC(=O)O)C(COC)C(=O)O. The molecule has 12 heteroatoms. The van der Waals surface area contributed by atoms with E-state index in [-0.39, 0.29) is 26.3 Å². The molecule has 0 rings (SSSR count). The summed E-state index contributed by atoms with van der Waals surface area (Å²) in [5, 5.41) is 36.4. The van der Waals surface area contributed by atoms with Crippen molar-refractivity contribution in [2.45, 2.75) is 12.1 Å². The minimum absolute atomic E-state index is 0.181. The van der Waals surface area contributed by atoms with Gasteiger partial charge in [0.15, 0.2) is 0 Å². The van der Waals surface area contributed by atoms with E-state index in [1.807, 2.05) is 0 Å². The lowest BCUT2D eigenvalue weighted by molar-refractivity contribution is -0.156. The Morgan fingerprint density at radius 2 is 1.15 bits per heavy atom. The number of hydrogen-bond donors (Lipinski definition) is 4. The van der Waals surface area contributed by atoms with Crippen molar-refractivity contribution in [2.24, 2.45) is 0 Å². The smallest absolute Gasteiger partial charge is 0.323 e. The fraction of sp³-hybridized carbons (Fsp3) is 0.714. The lowest BCUT2D eigenvalue weighted by Gasteiger charge is -2.34. The first kappa shape index (κ1) is 23.7. The van der Waals surface area contributed by atoms with Crippen LogP contribution >= 0.6 is 0 Å². The van der Waals surface area contributed by atoms with Gasteiger partial charge in [-0.3, -0.25) is 29.0 Å². The number of carboxylic acids is 4. The van der Waals surface area contributed by atoms with Crippen molar-refractivity contribution >= 4 is 23.9 Å². The predicted octanol–water partition coefficient (Wildman–Crippen LogP) is -2.04. The van der Waals surface area contributed by atoms with Crippen molar-refractivity contribution in [3.05, 3.63) is 0 Å². The van der Waals surface area contributed by atoms with Crippen molar-refractivity contribution in [3.8, 4) is 0 Å². The van der Waals surface area contributed by atoms with Crippen molar-refractivity contribution in [2.75, 3.05) is 53.6 Å². The van der Waals surface area contributed by atoms with E-state index >= 15 is 0 Å². The Kier molecular flexibility index (Phi) is 11.1. The molecule has 0 aromatic carbocycles. The summed E-state index contributed by atoms with van der Waals surface area (Å²) in [7, 11) is 2.50. The van der Waals surface area contributed by atoms with E-state index in [1.54, 1.807) is 0 Å². The second kappa shape index (κ2) is 12.1. The number of hydrogen-bond acceptors (Lipinski definition) is 8. The summed E-state index contributed by atoms with van der Waals surface area (Å²) in [6.45, 7) is -2.23. The van der Waals surface area contributed by atoms with Gasteiger partial charge in [-0.15, -0.1) is 0 Å². The van der Waals surface area contributed by atoms with E-state index in [2.05, 4.69) is 0 Å². The van der Waals surface area contributed by atoms with Gasteiger partial charge in [0.1, 0.15) is 12.1 Å². The first-order chi connectivity index (χ1) is 12.1. The molecular formula is C14H24N2O10. The van der Waals surface area contributed by atoms with Gasteiger partial charge >= 0.3 is 23.9 Å². The highest BCUT2D eigenvalue weighted by atomic mass is 16.5. The van der Waals surface area contributed by atoms with Gasteiger partial charge < -0.3 is 29.9 Å². The quantitative estimate of drug-likeness (QED) is 0.245. The molecule has 0 aromatic rings. The molecule has 0 spiro atoms. The summed E-state index contributed by atoms with van der Waals surface area (Å²) in [4.78, 5) is 46.8. The molecule has 0 heterocycles. The Hall–Kier alpha value is -2.28. The van der Waals surface area contributed by atoms with Crippen LogP contribution in [0, 0.1) is 0 Å². The number of methoxy groups -OCH3 is 2. The summed E-state index contributed by atoms with van der Waals surface area (Å²) in [6.07, 6.45) is 0. The fourth-order valence-corrected chi connectivity index (χ4v) is 2.32. The largest absolute Gasteiger partial charge is 0.480 e. The van der Waals surface area contributed by atoms with E-state index in [4.69, 9.17) is 19.7 Å². The first-order valence-electron chi connectivity index (χ1n) is 7.49. The maximum Gasteiger partial charge on any atom is 0.323 e. The zero-order chi connectivity index (χ0) is 20.3. The van der Waals surface area contributed by atoms with Crippen molar-refractivity contribution < 1.29 is 49.1 Å². The lowest BCUT2D eigenvalue weighted by Crippen LogP contribution is -2.56. The molecule has 150 valence electrons. The van der Waals surface area contributed by atoms with Crippen LogP contribution in [-0.4, -0.2) is 120 Å². The third-order valence-corrected chi connectivity index (χ3v) is 3.41. The minimum Gasteiger partial charge on any atom is -0.480 e.